The zero-order valence-electron chi connectivity index (χ0n) is 50.6. The molecule has 472 valence electrons. The summed E-state index contributed by atoms with van der Waals surface area (Å²) in [6.07, 6.45) is 15.3. The van der Waals surface area contributed by atoms with Gasteiger partial charge in [0.15, 0.2) is 11.5 Å². The van der Waals surface area contributed by atoms with Crippen LogP contribution in [-0.4, -0.2) is 215 Å². The maximum atomic E-state index is 14.2. The molecule has 0 aromatic carbocycles. The largest absolute Gasteiger partial charge is 0.444 e. The summed E-state index contributed by atoms with van der Waals surface area (Å²) < 4.78 is 77.5. The number of likely N-dealkylation sites (tertiary alicyclic amines) is 5. The number of imidazole rings is 1. The molecule has 1 aliphatic carbocycles. The molecule has 10 heterocycles. The number of carbonyl (C=O) groups is 4. The number of carbonyl (C=O) groups excluding carboxylic acids is 4. The molecule has 0 spiro atoms. The molecule has 0 radical (unpaired) electrons. The van der Waals surface area contributed by atoms with Crippen LogP contribution in [0.3, 0.4) is 0 Å². The molecule has 3 amide bonds. The van der Waals surface area contributed by atoms with E-state index in [1.807, 2.05) is 41.5 Å². The number of fused-ring (bicyclic) bond motifs is 1. The van der Waals surface area contributed by atoms with Crippen molar-refractivity contribution in [3.63, 3.8) is 0 Å². The number of pyridine rings is 1. The number of hydrogen-bond acceptors (Lipinski definition) is 14. The standard InChI is InChI=1S/C22H25F2N7O.C14H25FN2O2.C10H18FN.C10H17NO3.C4H8FN.ClH/c1-14-9-31-13-17(6-18(24)21(31)27-14)28-22(32)19-7-26-20(8-25-19)30-5-2-15(11-30)10-29-4-3-16(23)12-29;1-14(2,3)19-13(18)17-7-4-11(9-17)8-16-6-5-12(15)10-16;11-10-5-6-12(8-10)7-9-3-1-2-4-9;1-10(2,3)14-9(13)11-5-4-8(6-11)7-12;5-4-1-2-6-3-4;/h6-9,13,15-16H,2-5,10-12H2,1H3,(H,28,32);11-12H,4-10H2,1-3H3;9-10H,1-8H2;7-8H,4-6H2,1-3H3;4,6H,1-3H2;1H/t15-,16+;11?,12-;10-;8-;4-;/m01111./s1. The molecule has 11 rings (SSSR count). The number of aromatic nitrogens is 4. The third-order valence-corrected chi connectivity index (χ3v) is 16.0. The van der Waals surface area contributed by atoms with E-state index in [4.69, 9.17) is 9.47 Å². The third-order valence-electron chi connectivity index (χ3n) is 16.0. The fourth-order valence-electron chi connectivity index (χ4n) is 11.9. The second kappa shape index (κ2) is 32.1. The first-order valence-electron chi connectivity index (χ1n) is 30.3. The Kier molecular flexibility index (Phi) is 26.1. The Morgan fingerprint density at radius 3 is 1.68 bits per heavy atom. The Hall–Kier alpha value is -4.97. The second-order valence-corrected chi connectivity index (χ2v) is 25.9. The van der Waals surface area contributed by atoms with Crippen LogP contribution in [-0.2, 0) is 14.3 Å². The van der Waals surface area contributed by atoms with Crippen LogP contribution in [0.5, 0.6) is 0 Å². The molecule has 8 aliphatic rings. The Morgan fingerprint density at radius 1 is 0.655 bits per heavy atom. The zero-order chi connectivity index (χ0) is 59.8. The van der Waals surface area contributed by atoms with Gasteiger partial charge in [-0.15, -0.1) is 12.4 Å². The van der Waals surface area contributed by atoms with Crippen LogP contribution in [0, 0.1) is 36.4 Å². The minimum absolute atomic E-state index is 0. The lowest BCUT2D eigenvalue weighted by Crippen LogP contribution is -2.36. The number of aldehydes is 1. The van der Waals surface area contributed by atoms with Crippen LogP contribution >= 0.6 is 12.4 Å². The van der Waals surface area contributed by atoms with E-state index in [1.165, 1.54) is 48.9 Å². The van der Waals surface area contributed by atoms with E-state index in [2.05, 4.69) is 45.2 Å². The first-order chi connectivity index (χ1) is 39.4. The third kappa shape index (κ3) is 22.4. The number of anilines is 2. The van der Waals surface area contributed by atoms with Crippen molar-refractivity contribution >= 4 is 53.9 Å². The van der Waals surface area contributed by atoms with E-state index in [0.29, 0.717) is 81.7 Å². The van der Waals surface area contributed by atoms with Gasteiger partial charge >= 0.3 is 12.2 Å². The van der Waals surface area contributed by atoms with Crippen molar-refractivity contribution in [3.05, 3.63) is 48.1 Å². The van der Waals surface area contributed by atoms with Crippen LogP contribution in [0.15, 0.2) is 30.9 Å². The number of halogens is 6. The monoisotopic (exact) mass is 1210 g/mol. The SMILES string of the molecule is CC(C)(C)OC(=O)N1CCC(CN2CC[C@@H](F)C2)C1.CC(C)(C)OC(=O)N1CC[C@@H](C=O)C1.Cc1cn2cc(NC(=O)c3cnc(N4CC[C@@H](CN5CC[C@@H](F)C5)C4)cn3)cc(F)c2n1.Cl.F[C@@H]1CCN(CC2CCCC2)C1.F[C@@H]1CCNC1. The van der Waals surface area contributed by atoms with Gasteiger partial charge in [-0.25, -0.2) is 46.5 Å². The predicted octanol–water partition coefficient (Wildman–Crippen LogP) is 9.38. The van der Waals surface area contributed by atoms with Gasteiger partial charge in [-0.1, -0.05) is 12.8 Å². The lowest BCUT2D eigenvalue weighted by molar-refractivity contribution is -0.110. The summed E-state index contributed by atoms with van der Waals surface area (Å²) in [5, 5.41) is 5.56. The van der Waals surface area contributed by atoms with E-state index >= 15 is 0 Å². The van der Waals surface area contributed by atoms with Gasteiger partial charge in [-0.2, -0.15) is 0 Å². The average molecular weight is 1210 g/mol. The average Bonchev–Trinajstić information content (AvgIpc) is 4.46. The molecule has 24 heteroatoms. The number of rotatable bonds is 10. The van der Waals surface area contributed by atoms with E-state index in [-0.39, 0.29) is 41.9 Å². The highest BCUT2D eigenvalue weighted by Gasteiger charge is 2.34. The Labute approximate surface area is 500 Å². The molecule has 1 saturated carbocycles. The van der Waals surface area contributed by atoms with Gasteiger partial charge in [-0.3, -0.25) is 14.6 Å². The van der Waals surface area contributed by atoms with Gasteiger partial charge < -0.3 is 48.9 Å². The van der Waals surface area contributed by atoms with Crippen LogP contribution in [0.4, 0.5) is 43.0 Å². The molecular weight excluding hydrogens is 1120 g/mol. The van der Waals surface area contributed by atoms with E-state index in [9.17, 15) is 41.1 Å². The van der Waals surface area contributed by atoms with Crippen molar-refractivity contribution in [2.24, 2.45) is 23.7 Å². The highest BCUT2D eigenvalue weighted by molar-refractivity contribution is 6.02. The smallest absolute Gasteiger partial charge is 0.410 e. The lowest BCUT2D eigenvalue weighted by atomic mass is 10.1. The number of nitrogens with one attached hydrogen (secondary N) is 2. The molecule has 3 aromatic heterocycles. The minimum atomic E-state index is -0.695. The quantitative estimate of drug-likeness (QED) is 0.145. The molecule has 84 heavy (non-hydrogen) atoms. The summed E-state index contributed by atoms with van der Waals surface area (Å²) in [6, 6.07) is 1.23. The summed E-state index contributed by atoms with van der Waals surface area (Å²) in [5.74, 6) is 1.54. The molecule has 7 aliphatic heterocycles. The molecule has 2 N–H and O–H groups in total. The van der Waals surface area contributed by atoms with Gasteiger partial charge in [0.1, 0.15) is 53.7 Å². The first-order valence-corrected chi connectivity index (χ1v) is 30.3. The zero-order valence-corrected chi connectivity index (χ0v) is 51.4. The molecule has 7 saturated heterocycles. The molecule has 7 atom stereocenters. The fourth-order valence-corrected chi connectivity index (χ4v) is 11.9. The summed E-state index contributed by atoms with van der Waals surface area (Å²) in [6.45, 7) is 26.1. The first kappa shape index (κ1) is 68.1. The number of hydrogen-bond donors (Lipinski definition) is 2. The van der Waals surface area contributed by atoms with Gasteiger partial charge in [0.05, 0.1) is 23.8 Å². The van der Waals surface area contributed by atoms with Crippen molar-refractivity contribution in [3.8, 4) is 0 Å². The van der Waals surface area contributed by atoms with E-state index in [1.54, 1.807) is 35.3 Å². The highest BCUT2D eigenvalue weighted by Crippen LogP contribution is 2.29. The molecule has 1 unspecified atom stereocenters. The summed E-state index contributed by atoms with van der Waals surface area (Å²) in [7, 11) is 0. The number of ether oxygens (including phenoxy) is 2. The maximum Gasteiger partial charge on any atom is 0.410 e. The molecule has 0 bridgehead atoms. The predicted molar refractivity (Wildman–Crippen MR) is 318 cm³/mol. The van der Waals surface area contributed by atoms with Crippen molar-refractivity contribution in [1.29, 1.82) is 0 Å². The van der Waals surface area contributed by atoms with Crippen LogP contribution in [0.25, 0.3) is 5.65 Å². The Bertz CT molecular complexity index is 2530. The van der Waals surface area contributed by atoms with Crippen molar-refractivity contribution in [2.75, 3.05) is 121 Å². The van der Waals surface area contributed by atoms with Gasteiger partial charge in [0.25, 0.3) is 5.91 Å². The van der Waals surface area contributed by atoms with Crippen LogP contribution < -0.4 is 15.5 Å². The molecular formula is C60H94ClF5N12O6. The summed E-state index contributed by atoms with van der Waals surface area (Å²) in [4.78, 5) is 71.4. The van der Waals surface area contributed by atoms with E-state index < -0.39 is 47.6 Å². The number of aryl methyl sites for hydroxylation is 1. The fraction of sp³-hybridized carbons (Fsp3) is 0.750. The number of nitrogens with zero attached hydrogens (tertiary/aromatic N) is 10. The maximum absolute atomic E-state index is 14.2. The van der Waals surface area contributed by atoms with Gasteiger partial charge in [-0.05, 0) is 131 Å². The van der Waals surface area contributed by atoms with Crippen LogP contribution in [0.1, 0.15) is 128 Å². The van der Waals surface area contributed by atoms with Crippen molar-refractivity contribution < 1.29 is 50.6 Å². The second-order valence-electron chi connectivity index (χ2n) is 25.9. The number of amides is 3. The topological polar surface area (TPSA) is 173 Å². The van der Waals surface area contributed by atoms with Gasteiger partial charge in [0, 0.05) is 129 Å². The summed E-state index contributed by atoms with van der Waals surface area (Å²) >= 11 is 0. The normalized spacial score (nSPS) is 25.7. The Morgan fingerprint density at radius 2 is 1.20 bits per heavy atom. The number of alkyl halides is 4. The molecule has 18 nitrogen and oxygen atoms in total. The van der Waals surface area contributed by atoms with Gasteiger partial charge in [0.2, 0.25) is 0 Å². The highest BCUT2D eigenvalue weighted by atomic mass is 35.5. The minimum Gasteiger partial charge on any atom is -0.444 e. The molecule has 3 aromatic rings. The molecule has 8 fully saturated rings. The van der Waals surface area contributed by atoms with E-state index in [0.717, 1.165) is 109 Å². The lowest BCUT2D eigenvalue weighted by Gasteiger charge is -2.25. The summed E-state index contributed by atoms with van der Waals surface area (Å²) in [5.41, 5.74) is 0.454. The Balaban J connectivity index is 0.000000185. The van der Waals surface area contributed by atoms with Crippen molar-refractivity contribution in [2.45, 2.75) is 155 Å². The van der Waals surface area contributed by atoms with Crippen LogP contribution in [0.2, 0.25) is 0 Å². The van der Waals surface area contributed by atoms with Crippen molar-refractivity contribution in [1.82, 2.24) is 49.2 Å².